The summed E-state index contributed by atoms with van der Waals surface area (Å²) in [6, 6.07) is 1.75. The van der Waals surface area contributed by atoms with Gasteiger partial charge in [0.25, 0.3) is 11.3 Å². The molecule has 8 nitrogen and oxygen atoms in total. The van der Waals surface area contributed by atoms with Crippen LogP contribution >= 0.6 is 0 Å². The molecule has 1 amide bonds. The minimum Gasteiger partial charge on any atom is -0.274 e. The Morgan fingerprint density at radius 3 is 2.89 bits per heavy atom. The SMILES string of the molecule is CC(=O)Nn1c(C)cc2c(cnc3ncnn32)c1=O. The molecule has 3 aromatic heterocycles. The van der Waals surface area contributed by atoms with Crippen molar-refractivity contribution < 1.29 is 4.79 Å². The predicted octanol–water partition coefficient (Wildman–Crippen LogP) is -0.162. The Labute approximate surface area is 106 Å². The van der Waals surface area contributed by atoms with E-state index in [9.17, 15) is 9.59 Å². The minimum absolute atomic E-state index is 0.320. The van der Waals surface area contributed by atoms with Crippen LogP contribution in [0.5, 0.6) is 0 Å². The van der Waals surface area contributed by atoms with Gasteiger partial charge in [-0.15, -0.1) is 0 Å². The van der Waals surface area contributed by atoms with Gasteiger partial charge in [-0.25, -0.2) is 9.66 Å². The fourth-order valence-electron chi connectivity index (χ4n) is 1.94. The van der Waals surface area contributed by atoms with Gasteiger partial charge in [-0.1, -0.05) is 0 Å². The lowest BCUT2D eigenvalue weighted by Gasteiger charge is -2.11. The van der Waals surface area contributed by atoms with Crippen molar-refractivity contribution in [3.05, 3.63) is 34.6 Å². The van der Waals surface area contributed by atoms with E-state index in [0.717, 1.165) is 0 Å². The smallest absolute Gasteiger partial charge is 0.274 e. The highest BCUT2D eigenvalue weighted by Crippen LogP contribution is 2.10. The molecule has 0 fully saturated rings. The molecule has 0 saturated carbocycles. The van der Waals surface area contributed by atoms with Crippen LogP contribution in [0, 0.1) is 6.92 Å². The zero-order valence-corrected chi connectivity index (χ0v) is 10.3. The molecule has 0 aliphatic rings. The molecule has 3 rings (SSSR count). The number of rotatable bonds is 1. The van der Waals surface area contributed by atoms with Gasteiger partial charge in [0, 0.05) is 18.8 Å². The normalized spacial score (nSPS) is 11.1. The first-order chi connectivity index (χ1) is 9.08. The van der Waals surface area contributed by atoms with Gasteiger partial charge in [0.1, 0.15) is 6.33 Å². The minimum atomic E-state index is -0.352. The average Bonchev–Trinajstić information content (AvgIpc) is 2.82. The maximum atomic E-state index is 12.3. The van der Waals surface area contributed by atoms with Crippen LogP contribution < -0.4 is 11.0 Å². The monoisotopic (exact) mass is 258 g/mol. The van der Waals surface area contributed by atoms with E-state index in [4.69, 9.17) is 0 Å². The first-order valence-corrected chi connectivity index (χ1v) is 5.56. The van der Waals surface area contributed by atoms with Crippen LogP contribution in [0.4, 0.5) is 0 Å². The van der Waals surface area contributed by atoms with Crippen LogP contribution in [0.1, 0.15) is 12.6 Å². The van der Waals surface area contributed by atoms with Crippen LogP contribution in [0.2, 0.25) is 0 Å². The van der Waals surface area contributed by atoms with Crippen molar-refractivity contribution in [3.8, 4) is 0 Å². The van der Waals surface area contributed by atoms with Crippen molar-refractivity contribution in [1.29, 1.82) is 0 Å². The average molecular weight is 258 g/mol. The zero-order chi connectivity index (χ0) is 13.6. The molecule has 1 N–H and O–H groups in total. The molecule has 0 bridgehead atoms. The van der Waals surface area contributed by atoms with E-state index in [2.05, 4.69) is 20.5 Å². The summed E-state index contributed by atoms with van der Waals surface area (Å²) in [5.74, 6) is 0.0999. The maximum absolute atomic E-state index is 12.3. The lowest BCUT2D eigenvalue weighted by atomic mass is 10.2. The summed E-state index contributed by atoms with van der Waals surface area (Å²) in [5.41, 5.74) is 3.31. The second-order valence-electron chi connectivity index (χ2n) is 4.12. The lowest BCUT2D eigenvalue weighted by Crippen LogP contribution is -2.33. The molecule has 8 heteroatoms. The summed E-state index contributed by atoms with van der Waals surface area (Å²) < 4.78 is 2.68. The van der Waals surface area contributed by atoms with Crippen LogP contribution in [0.15, 0.2) is 23.4 Å². The van der Waals surface area contributed by atoms with E-state index < -0.39 is 0 Å². The first kappa shape index (κ1) is 11.3. The third-order valence-corrected chi connectivity index (χ3v) is 2.74. The summed E-state index contributed by atoms with van der Waals surface area (Å²) >= 11 is 0. The number of aryl methyl sites for hydroxylation is 1. The van der Waals surface area contributed by atoms with Crippen LogP contribution in [0.25, 0.3) is 16.7 Å². The molecule has 0 saturated heterocycles. The molecule has 0 aromatic carbocycles. The Morgan fingerprint density at radius 1 is 1.37 bits per heavy atom. The van der Waals surface area contributed by atoms with Crippen molar-refractivity contribution in [2.24, 2.45) is 0 Å². The third kappa shape index (κ3) is 1.65. The number of carbonyl (C=O) groups excluding carboxylic acids is 1. The topological polar surface area (TPSA) is 94.2 Å². The second kappa shape index (κ2) is 3.87. The standard InChI is InChI=1S/C11H10N6O2/c1-6-3-9-8(10(19)16(6)15-7(2)18)4-12-11-13-5-14-17(9)11/h3-5H,1-2H3,(H,15,18). The largest absolute Gasteiger partial charge is 0.280 e. The van der Waals surface area contributed by atoms with Crippen LogP contribution in [0.3, 0.4) is 0 Å². The quantitative estimate of drug-likeness (QED) is 0.654. The Balaban J connectivity index is 2.42. The Hall–Kier alpha value is -2.77. The highest BCUT2D eigenvalue weighted by molar-refractivity contribution is 5.83. The maximum Gasteiger partial charge on any atom is 0.280 e. The van der Waals surface area contributed by atoms with Gasteiger partial charge in [0.15, 0.2) is 0 Å². The zero-order valence-electron chi connectivity index (χ0n) is 10.3. The summed E-state index contributed by atoms with van der Waals surface area (Å²) in [6.07, 6.45) is 2.80. The van der Waals surface area contributed by atoms with Crippen LogP contribution in [-0.4, -0.2) is 30.2 Å². The van der Waals surface area contributed by atoms with Gasteiger partial charge in [-0.2, -0.15) is 14.6 Å². The molecule has 3 heterocycles. The fraction of sp³-hybridized carbons (Fsp3) is 0.182. The molecule has 0 atom stereocenters. The number of hydrogen-bond acceptors (Lipinski definition) is 5. The number of carbonyl (C=O) groups is 1. The number of fused-ring (bicyclic) bond motifs is 3. The highest BCUT2D eigenvalue weighted by atomic mass is 16.2. The van der Waals surface area contributed by atoms with E-state index in [0.29, 0.717) is 22.4 Å². The van der Waals surface area contributed by atoms with Crippen molar-refractivity contribution >= 4 is 22.6 Å². The van der Waals surface area contributed by atoms with E-state index in [-0.39, 0.29) is 11.5 Å². The van der Waals surface area contributed by atoms with Crippen molar-refractivity contribution in [2.45, 2.75) is 13.8 Å². The number of nitrogens with zero attached hydrogens (tertiary/aromatic N) is 5. The van der Waals surface area contributed by atoms with Gasteiger partial charge in [-0.05, 0) is 13.0 Å². The van der Waals surface area contributed by atoms with Crippen molar-refractivity contribution in [2.75, 3.05) is 5.43 Å². The molecule has 19 heavy (non-hydrogen) atoms. The summed E-state index contributed by atoms with van der Waals surface area (Å²) in [7, 11) is 0. The van der Waals surface area contributed by atoms with Crippen LogP contribution in [-0.2, 0) is 4.79 Å². The summed E-state index contributed by atoms with van der Waals surface area (Å²) in [6.45, 7) is 3.06. The Morgan fingerprint density at radius 2 is 2.16 bits per heavy atom. The van der Waals surface area contributed by atoms with E-state index in [1.54, 1.807) is 13.0 Å². The number of amides is 1. The molecule has 0 radical (unpaired) electrons. The molecule has 0 aliphatic carbocycles. The predicted molar refractivity (Wildman–Crippen MR) is 67.3 cm³/mol. The number of pyridine rings is 1. The van der Waals surface area contributed by atoms with E-state index in [1.165, 1.54) is 28.6 Å². The van der Waals surface area contributed by atoms with Gasteiger partial charge in [0.2, 0.25) is 5.91 Å². The molecule has 0 spiro atoms. The first-order valence-electron chi connectivity index (χ1n) is 5.56. The summed E-state index contributed by atoms with van der Waals surface area (Å²) in [4.78, 5) is 31.4. The fourth-order valence-corrected chi connectivity index (χ4v) is 1.94. The lowest BCUT2D eigenvalue weighted by molar-refractivity contribution is -0.115. The second-order valence-corrected chi connectivity index (χ2v) is 4.12. The van der Waals surface area contributed by atoms with Crippen molar-refractivity contribution in [1.82, 2.24) is 24.3 Å². The van der Waals surface area contributed by atoms with Gasteiger partial charge in [0.05, 0.1) is 10.9 Å². The molecular formula is C11H10N6O2. The highest BCUT2D eigenvalue weighted by Gasteiger charge is 2.11. The third-order valence-electron chi connectivity index (χ3n) is 2.74. The van der Waals surface area contributed by atoms with Gasteiger partial charge in [-0.3, -0.25) is 15.0 Å². The molecule has 3 aromatic rings. The number of aromatic nitrogens is 5. The molecule has 0 unspecified atom stereocenters. The summed E-state index contributed by atoms with van der Waals surface area (Å²) in [5, 5.41) is 4.39. The van der Waals surface area contributed by atoms with E-state index in [1.807, 2.05) is 0 Å². The van der Waals surface area contributed by atoms with Gasteiger partial charge >= 0.3 is 0 Å². The Bertz CT molecular complexity index is 863. The number of hydrogen-bond donors (Lipinski definition) is 1. The molecule has 96 valence electrons. The van der Waals surface area contributed by atoms with Gasteiger partial charge < -0.3 is 0 Å². The number of nitrogens with one attached hydrogen (secondary N) is 1. The Kier molecular flexibility index (Phi) is 2.31. The molecule has 0 aliphatic heterocycles. The van der Waals surface area contributed by atoms with Crippen molar-refractivity contribution in [3.63, 3.8) is 0 Å². The van der Waals surface area contributed by atoms with E-state index >= 15 is 0 Å². The molecular weight excluding hydrogens is 248 g/mol.